The van der Waals surface area contributed by atoms with Crippen molar-refractivity contribution in [3.63, 3.8) is 0 Å². The number of phenols is 1. The number of phenolic OH excluding ortho intramolecular Hbond substituents is 1. The van der Waals surface area contributed by atoms with Crippen LogP contribution in [0.5, 0.6) is 5.75 Å². The summed E-state index contributed by atoms with van der Waals surface area (Å²) in [6, 6.07) is 46.5. The van der Waals surface area contributed by atoms with E-state index in [0.29, 0.717) is 39.6 Å². The Labute approximate surface area is 362 Å². The lowest BCUT2D eigenvalue weighted by Gasteiger charge is -2.46. The molecule has 0 aliphatic carbocycles. The Morgan fingerprint density at radius 3 is 2.24 bits per heavy atom. The fourth-order valence-corrected chi connectivity index (χ4v) is 10.5. The molecule has 3 N–H and O–H groups in total. The molecule has 0 radical (unpaired) electrons. The second-order valence-corrected chi connectivity index (χ2v) is 17.0. The number of carbonyl (C=O) groups excluding carboxylic acids is 3. The number of amides is 2. The first-order valence-electron chi connectivity index (χ1n) is 20.5. The predicted octanol–water partition coefficient (Wildman–Crippen LogP) is 8.40. The highest BCUT2D eigenvalue weighted by atomic mass is 32.1. The number of cyclic esters (lactones) is 1. The zero-order chi connectivity index (χ0) is 42.4. The van der Waals surface area contributed by atoms with Gasteiger partial charge in [-0.2, -0.15) is 0 Å². The van der Waals surface area contributed by atoms with Crippen molar-refractivity contribution in [3.8, 4) is 17.6 Å². The number of carbonyl (C=O) groups is 3. The molecule has 7 aromatic rings. The number of hydrogen-bond acceptors (Lipinski definition) is 9. The summed E-state index contributed by atoms with van der Waals surface area (Å²) in [7, 11) is 2.01. The molecule has 306 valence electrons. The number of thiazole rings is 1. The number of esters is 1. The Bertz CT molecular complexity index is 2850. The van der Waals surface area contributed by atoms with Crippen LogP contribution < -0.4 is 10.6 Å². The van der Waals surface area contributed by atoms with E-state index < -0.39 is 53.3 Å². The third-order valence-electron chi connectivity index (χ3n) is 12.2. The van der Waals surface area contributed by atoms with E-state index in [4.69, 9.17) is 9.72 Å². The maximum Gasteiger partial charge on any atom is 0.324 e. The molecule has 2 fully saturated rings. The zero-order valence-corrected chi connectivity index (χ0v) is 34.5. The van der Waals surface area contributed by atoms with Gasteiger partial charge in [0.1, 0.15) is 23.3 Å². The van der Waals surface area contributed by atoms with E-state index >= 15 is 14.4 Å². The summed E-state index contributed by atoms with van der Waals surface area (Å²) < 4.78 is 7.41. The topological polar surface area (TPSA) is 124 Å². The summed E-state index contributed by atoms with van der Waals surface area (Å²) in [5, 5.41) is 17.2. The molecule has 0 bridgehead atoms. The van der Waals surface area contributed by atoms with Gasteiger partial charge in [-0.1, -0.05) is 138 Å². The van der Waals surface area contributed by atoms with Crippen molar-refractivity contribution in [3.05, 3.63) is 191 Å². The Hall–Kier alpha value is -7.10. The quantitative estimate of drug-likeness (QED) is 0.103. The molecule has 6 aromatic carbocycles. The highest BCUT2D eigenvalue weighted by Gasteiger charge is 2.74. The van der Waals surface area contributed by atoms with Gasteiger partial charge in [-0.05, 0) is 77.3 Å². The summed E-state index contributed by atoms with van der Waals surface area (Å²) in [5.41, 5.74) is 4.12. The second-order valence-electron chi connectivity index (χ2n) is 16.0. The van der Waals surface area contributed by atoms with Crippen molar-refractivity contribution in [1.29, 1.82) is 0 Å². The number of rotatable bonds is 8. The van der Waals surface area contributed by atoms with E-state index in [1.54, 1.807) is 24.3 Å². The molecule has 3 aliphatic heterocycles. The first kappa shape index (κ1) is 39.1. The maximum absolute atomic E-state index is 15.5. The minimum absolute atomic E-state index is 0.0355. The summed E-state index contributed by atoms with van der Waals surface area (Å²) in [5.74, 6) is 3.73. The van der Waals surface area contributed by atoms with Gasteiger partial charge in [-0.3, -0.25) is 24.2 Å². The van der Waals surface area contributed by atoms with Gasteiger partial charge in [0.25, 0.3) is 0 Å². The first-order chi connectivity index (χ1) is 30.3. The molecule has 0 saturated carbocycles. The fourth-order valence-electron chi connectivity index (χ4n) is 9.66. The Balaban J connectivity index is 1.17. The number of hydrogen-bond donors (Lipinski definition) is 3. The van der Waals surface area contributed by atoms with Crippen molar-refractivity contribution in [2.24, 2.45) is 5.92 Å². The molecule has 6 atom stereocenters. The number of para-hydroxylation sites is 1. The second kappa shape index (κ2) is 16.1. The highest BCUT2D eigenvalue weighted by molar-refractivity contribution is 7.22. The van der Waals surface area contributed by atoms with Crippen LogP contribution in [0.2, 0.25) is 0 Å². The Morgan fingerprint density at radius 1 is 0.839 bits per heavy atom. The summed E-state index contributed by atoms with van der Waals surface area (Å²) in [6.45, 7) is 1.21. The molecule has 2 saturated heterocycles. The number of morpholine rings is 1. The molecule has 2 amide bonds. The smallest absolute Gasteiger partial charge is 0.324 e. The maximum atomic E-state index is 15.5. The zero-order valence-electron chi connectivity index (χ0n) is 33.6. The summed E-state index contributed by atoms with van der Waals surface area (Å²) in [4.78, 5) is 54.9. The van der Waals surface area contributed by atoms with Crippen LogP contribution >= 0.6 is 11.3 Å². The van der Waals surface area contributed by atoms with E-state index in [9.17, 15) is 5.11 Å². The number of nitrogens with one attached hydrogen (secondary N) is 2. The third-order valence-corrected chi connectivity index (χ3v) is 13.2. The van der Waals surface area contributed by atoms with Gasteiger partial charge in [-0.15, -0.1) is 0 Å². The molecular formula is C51H41N5O5S. The first-order valence-corrected chi connectivity index (χ1v) is 21.3. The molecular weight excluding hydrogens is 795 g/mol. The van der Waals surface area contributed by atoms with Gasteiger partial charge in [0.05, 0.1) is 34.8 Å². The van der Waals surface area contributed by atoms with Crippen LogP contribution in [0.3, 0.4) is 0 Å². The molecule has 4 heterocycles. The third kappa shape index (κ3) is 6.79. The Morgan fingerprint density at radius 2 is 1.52 bits per heavy atom. The van der Waals surface area contributed by atoms with Crippen LogP contribution in [0.4, 0.5) is 10.8 Å². The fraction of sp³-hybridized carbons (Fsp3) is 0.176. The summed E-state index contributed by atoms with van der Waals surface area (Å²) in [6.07, 6.45) is -0.806. The van der Waals surface area contributed by atoms with Crippen LogP contribution in [0.15, 0.2) is 158 Å². The van der Waals surface area contributed by atoms with Crippen LogP contribution in [0.25, 0.3) is 10.2 Å². The lowest BCUT2D eigenvalue weighted by molar-refractivity contribution is -0.177. The van der Waals surface area contributed by atoms with Crippen LogP contribution in [0, 0.1) is 17.8 Å². The molecule has 3 aliphatic rings. The number of nitrogens with zero attached hydrogens (tertiary/aromatic N) is 3. The summed E-state index contributed by atoms with van der Waals surface area (Å²) >= 11 is 1.32. The molecule has 10 rings (SSSR count). The minimum Gasteiger partial charge on any atom is -0.508 e. The van der Waals surface area contributed by atoms with E-state index in [1.165, 1.54) is 16.9 Å². The van der Waals surface area contributed by atoms with Crippen molar-refractivity contribution >= 4 is 50.2 Å². The lowest BCUT2D eigenvalue weighted by Crippen LogP contribution is -2.53. The normalized spacial score (nSPS) is 22.7. The average Bonchev–Trinajstić information content (AvgIpc) is 3.94. The minimum atomic E-state index is -1.71. The standard InChI is InChI=1S/C51H41N5O5S/c1-55(31-33-14-5-2-6-15-33)29-13-16-32-23-28-39-38(30-32)51(49(60)52-39)42(47(58)54-50-53-40-21-11-12-22-41(40)62-50)44-48(59)61-45(35-19-9-4-10-20-35)43(34-17-7-3-8-18-34)56(44)46(51)36-24-26-37(57)27-25-36/h2-12,14-15,17-28,30,42-46,57H,29,31H2,1H3,(H,52,60)(H,53,54,58). The van der Waals surface area contributed by atoms with Crippen molar-refractivity contribution in [2.45, 2.75) is 36.2 Å². The van der Waals surface area contributed by atoms with E-state index in [0.717, 1.165) is 22.4 Å². The number of benzene rings is 6. The van der Waals surface area contributed by atoms with E-state index in [1.807, 2.05) is 133 Å². The van der Waals surface area contributed by atoms with Gasteiger partial charge < -0.3 is 20.5 Å². The molecule has 62 heavy (non-hydrogen) atoms. The molecule has 10 nitrogen and oxygen atoms in total. The monoisotopic (exact) mass is 835 g/mol. The molecule has 1 spiro atoms. The van der Waals surface area contributed by atoms with E-state index in [2.05, 4.69) is 39.5 Å². The molecule has 1 aromatic heterocycles. The Kier molecular flexibility index (Phi) is 10.1. The van der Waals surface area contributed by atoms with Gasteiger partial charge in [0.2, 0.25) is 11.8 Å². The lowest BCUT2D eigenvalue weighted by atomic mass is 9.65. The SMILES string of the molecule is CN(CC#Cc1ccc2c(c1)C1(C(=O)N2)C(C(=O)Nc2nc3ccccc3s2)C2C(=O)OC(c3ccccc3)C(c3ccccc3)N2C1c1ccc(O)cc1)Cc1ccccc1. The highest BCUT2D eigenvalue weighted by Crippen LogP contribution is 2.65. The van der Waals surface area contributed by atoms with Gasteiger partial charge in [0, 0.05) is 17.8 Å². The number of aromatic hydroxyl groups is 1. The number of anilines is 2. The largest absolute Gasteiger partial charge is 0.508 e. The number of ether oxygens (including phenoxy) is 1. The molecule has 11 heteroatoms. The number of fused-ring (bicyclic) bond motifs is 4. The van der Waals surface area contributed by atoms with Gasteiger partial charge in [-0.25, -0.2) is 4.98 Å². The van der Waals surface area contributed by atoms with Crippen molar-refractivity contribution < 1.29 is 24.2 Å². The van der Waals surface area contributed by atoms with Crippen LogP contribution in [-0.2, 0) is 31.1 Å². The predicted molar refractivity (Wildman–Crippen MR) is 239 cm³/mol. The van der Waals surface area contributed by atoms with Crippen LogP contribution in [-0.4, -0.2) is 57.3 Å². The van der Waals surface area contributed by atoms with Gasteiger partial charge >= 0.3 is 5.97 Å². The van der Waals surface area contributed by atoms with E-state index in [-0.39, 0.29) is 5.75 Å². The number of aromatic nitrogens is 1. The average molecular weight is 836 g/mol. The van der Waals surface area contributed by atoms with Crippen LogP contribution in [0.1, 0.15) is 51.6 Å². The van der Waals surface area contributed by atoms with Gasteiger partial charge in [0.15, 0.2) is 5.13 Å². The van der Waals surface area contributed by atoms with Crippen molar-refractivity contribution in [1.82, 2.24) is 14.8 Å². The van der Waals surface area contributed by atoms with Crippen molar-refractivity contribution in [2.75, 3.05) is 24.2 Å². The molecule has 6 unspecified atom stereocenters.